The fourth-order valence-electron chi connectivity index (χ4n) is 8.59. The van der Waals surface area contributed by atoms with Crippen LogP contribution >= 0.6 is 19.6 Å². The van der Waals surface area contributed by atoms with Crippen LogP contribution in [0.25, 0.3) is 11.0 Å². The number of ether oxygens (including phenoxy) is 2. The molecule has 1 aromatic heterocycles. The van der Waals surface area contributed by atoms with E-state index in [4.69, 9.17) is 22.9 Å². The number of nitrogens with zero attached hydrogens (tertiary/aromatic N) is 2. The number of benzene rings is 1. The van der Waals surface area contributed by atoms with E-state index in [1.807, 2.05) is 67.9 Å². The highest BCUT2D eigenvalue weighted by molar-refractivity contribution is 7.99. The first-order valence-corrected chi connectivity index (χ1v) is 27.8. The lowest BCUT2D eigenvalue weighted by Crippen LogP contribution is -2.49. The van der Waals surface area contributed by atoms with Crippen LogP contribution in [-0.4, -0.2) is 104 Å². The Morgan fingerprint density at radius 3 is 2.00 bits per heavy atom. The van der Waals surface area contributed by atoms with Crippen LogP contribution in [0.4, 0.5) is 0 Å². The van der Waals surface area contributed by atoms with Gasteiger partial charge in [0, 0.05) is 34.9 Å². The van der Waals surface area contributed by atoms with Crippen LogP contribution in [0.5, 0.6) is 0 Å². The number of quaternary nitrogens is 1. The van der Waals surface area contributed by atoms with Gasteiger partial charge in [-0.05, 0) is 96.2 Å². The van der Waals surface area contributed by atoms with Crippen molar-refractivity contribution in [2.45, 2.75) is 192 Å². The second kappa shape index (κ2) is 30.1. The van der Waals surface area contributed by atoms with Crippen LogP contribution in [0, 0.1) is 12.8 Å². The summed E-state index contributed by atoms with van der Waals surface area (Å²) in [7, 11) is 0.928. The van der Waals surface area contributed by atoms with Crippen LogP contribution < -0.4 is 15.8 Å². The Labute approximate surface area is 411 Å². The third-order valence-electron chi connectivity index (χ3n) is 12.7. The first-order chi connectivity index (χ1) is 32.1. The van der Waals surface area contributed by atoms with Gasteiger partial charge in [0.25, 0.3) is 7.82 Å². The van der Waals surface area contributed by atoms with Crippen molar-refractivity contribution in [2.24, 2.45) is 5.92 Å². The van der Waals surface area contributed by atoms with Crippen molar-refractivity contribution < 1.29 is 56.5 Å². The maximum Gasteiger partial charge on any atom is 0.349 e. The molecular weight excluding hydrogens is 910 g/mol. The molecule has 1 saturated heterocycles. The average molecular weight is 995 g/mol. The van der Waals surface area contributed by atoms with Gasteiger partial charge in [0.1, 0.15) is 25.3 Å². The number of unbranched alkanes of at least 4 members (excludes halogenated alkanes) is 17. The average Bonchev–Trinajstić information content (AvgIpc) is 3.42. The molecule has 1 fully saturated rings. The van der Waals surface area contributed by atoms with Crippen LogP contribution in [0.2, 0.25) is 0 Å². The highest BCUT2D eigenvalue weighted by Crippen LogP contribution is 2.44. The molecule has 0 bridgehead atoms. The summed E-state index contributed by atoms with van der Waals surface area (Å²) in [6.07, 6.45) is 18.2. The van der Waals surface area contributed by atoms with Gasteiger partial charge in [-0.25, -0.2) is 9.59 Å². The van der Waals surface area contributed by atoms with Gasteiger partial charge in [0.05, 0.1) is 39.2 Å². The van der Waals surface area contributed by atoms with E-state index < -0.39 is 43.6 Å². The Balaban J connectivity index is 1.23. The maximum absolute atomic E-state index is 13.0. The zero-order chi connectivity index (χ0) is 50.2. The molecule has 0 spiro atoms. The molecule has 3 atom stereocenters. The zero-order valence-corrected chi connectivity index (χ0v) is 44.4. The van der Waals surface area contributed by atoms with E-state index in [-0.39, 0.29) is 37.1 Å². The van der Waals surface area contributed by atoms with E-state index >= 15 is 0 Å². The summed E-state index contributed by atoms with van der Waals surface area (Å²) in [6.45, 7) is 9.72. The molecule has 17 heteroatoms. The van der Waals surface area contributed by atoms with Gasteiger partial charge < -0.3 is 37.6 Å². The molecule has 2 heterocycles. The third-order valence-corrected chi connectivity index (χ3v) is 14.8. The third kappa shape index (κ3) is 22.9. The lowest BCUT2D eigenvalue weighted by molar-refractivity contribution is -0.870. The number of hydroxylamine groups is 2. The number of thioether (sulfide) groups is 1. The number of aryl methyl sites for hydroxylation is 1. The summed E-state index contributed by atoms with van der Waals surface area (Å²) in [5.74, 6) is -0.806. The van der Waals surface area contributed by atoms with E-state index in [0.717, 1.165) is 110 Å². The first-order valence-electron chi connectivity index (χ1n) is 25.3. The van der Waals surface area contributed by atoms with Crippen LogP contribution in [0.15, 0.2) is 38.4 Å². The molecule has 1 N–H and O–H groups in total. The lowest BCUT2D eigenvalue weighted by atomic mass is 9.86. The molecule has 1 amide bonds. The number of amides is 1. The van der Waals surface area contributed by atoms with Gasteiger partial charge in [-0.1, -0.05) is 96.3 Å². The van der Waals surface area contributed by atoms with Crippen molar-refractivity contribution in [3.63, 3.8) is 0 Å². The van der Waals surface area contributed by atoms with E-state index in [1.165, 1.54) is 31.7 Å². The monoisotopic (exact) mass is 995 g/mol. The van der Waals surface area contributed by atoms with Crippen LogP contribution in [-0.2, 0) is 42.7 Å². The van der Waals surface area contributed by atoms with Crippen molar-refractivity contribution in [1.82, 2.24) is 10.4 Å². The lowest BCUT2D eigenvalue weighted by Gasteiger charge is -2.33. The summed E-state index contributed by atoms with van der Waals surface area (Å²) < 4.78 is 39.1. The zero-order valence-electron chi connectivity index (χ0n) is 42.7. The summed E-state index contributed by atoms with van der Waals surface area (Å²) >= 11 is 1.79. The quantitative estimate of drug-likeness (QED) is 0.0169. The largest absolute Gasteiger partial charge is 0.756 e. The number of carbonyl (C=O) groups excluding carboxylic acids is 3. The molecule has 1 aliphatic rings. The minimum Gasteiger partial charge on any atom is -0.756 e. The Morgan fingerprint density at radius 1 is 0.838 bits per heavy atom. The van der Waals surface area contributed by atoms with E-state index in [9.17, 15) is 33.8 Å². The van der Waals surface area contributed by atoms with E-state index in [2.05, 4.69) is 11.4 Å². The molecule has 68 heavy (non-hydrogen) atoms. The molecule has 15 nitrogen and oxygen atoms in total. The minimum atomic E-state index is -4.76. The minimum absolute atomic E-state index is 0.0406. The Kier molecular flexibility index (Phi) is 26.4. The molecule has 3 rings (SSSR count). The van der Waals surface area contributed by atoms with Crippen LogP contribution in [0.1, 0.15) is 168 Å². The molecule has 0 aliphatic carbocycles. The van der Waals surface area contributed by atoms with Gasteiger partial charge in [0.15, 0.2) is 0 Å². The molecule has 3 unspecified atom stereocenters. The Bertz CT molecular complexity index is 1940. The number of hydrogen-bond donors (Lipinski definition) is 1. The topological polar surface area (TPSA) is 194 Å². The summed E-state index contributed by atoms with van der Waals surface area (Å²) in [5, 5.41) is 17.7. The molecule has 1 aliphatic heterocycles. The van der Waals surface area contributed by atoms with Crippen molar-refractivity contribution in [3.8, 4) is 0 Å². The Morgan fingerprint density at radius 2 is 1.41 bits per heavy atom. The van der Waals surface area contributed by atoms with Crippen molar-refractivity contribution in [1.29, 1.82) is 0 Å². The predicted molar refractivity (Wildman–Crippen MR) is 265 cm³/mol. The van der Waals surface area contributed by atoms with Gasteiger partial charge in [0.2, 0.25) is 12.0 Å². The number of phosphoric acid groups is 1. The Hall–Kier alpha value is -2.82. The van der Waals surface area contributed by atoms with Gasteiger partial charge in [-0.3, -0.25) is 14.2 Å². The number of nitrogens with one attached hydrogen (secondary N) is 1. The second-order valence-electron chi connectivity index (χ2n) is 20.8. The molecule has 0 saturated carbocycles. The number of esters is 2. The number of carbonyl (C=O) groups is 3. The van der Waals surface area contributed by atoms with Gasteiger partial charge in [-0.15, -0.1) is 22.0 Å². The van der Waals surface area contributed by atoms with Crippen molar-refractivity contribution in [2.75, 3.05) is 59.8 Å². The number of hydrogen-bond acceptors (Lipinski definition) is 13. The summed E-state index contributed by atoms with van der Waals surface area (Å²) in [4.78, 5) is 63.9. The summed E-state index contributed by atoms with van der Waals surface area (Å²) in [5.41, 5.74) is -0.0182. The van der Waals surface area contributed by atoms with Crippen molar-refractivity contribution >= 4 is 48.4 Å². The fourth-order valence-corrected chi connectivity index (χ4v) is 10.2. The normalized spacial score (nSPS) is 17.2. The predicted octanol–water partition coefficient (Wildman–Crippen LogP) is 10.00. The number of fused-ring (bicyclic) bond motifs is 1. The maximum atomic E-state index is 13.0. The standard InChI is InChI=1S/C51H85N3O12PS/c1-40-36-47(56)65-44-37-41(29-30-42(40)44)68-35-27-23-19-15-10-9-14-18-22-26-33-62-49(58)45(39-64-67(60,61)63-34-32-54(6,7)8)66-46(55)28-24-20-16-12-11-13-17-21-25-31-52-48(57)43-38-50(2,3)53(59)51(43,4)5/h29-30,36-37,43,45H,9-28,31-35,38-39H2,1-8H3,(H-,52,57,60,61). The van der Waals surface area contributed by atoms with Gasteiger partial charge >= 0.3 is 17.6 Å². The highest BCUT2D eigenvalue weighted by Gasteiger charge is 2.55. The van der Waals surface area contributed by atoms with Gasteiger partial charge in [-0.2, -0.15) is 0 Å². The first kappa shape index (κ1) is 59.5. The smallest absolute Gasteiger partial charge is 0.349 e. The molecule has 2 aromatic rings. The fraction of sp³-hybridized carbons (Fsp3) is 0.765. The SMILES string of the molecule is Cc1cc(=O)oc2cc(SCCCCCCCCCCCCOC(=O)C(COP(=O)([O-])OCC[N+](C)(C)C)OC(=O)CCCCCCCCCCCNC(=O)C3CC(C)(C)N([O])C3(C)C)ccc12. The molecule has 387 valence electrons. The summed E-state index contributed by atoms with van der Waals surface area (Å²) in [6, 6.07) is 7.58. The number of phosphoric ester groups is 1. The molecular formula is C51H85N3O12PS. The molecule has 1 aromatic carbocycles. The second-order valence-corrected chi connectivity index (χ2v) is 23.3. The van der Waals surface area contributed by atoms with E-state index in [1.54, 1.807) is 11.8 Å². The highest BCUT2D eigenvalue weighted by atomic mass is 32.2. The van der Waals surface area contributed by atoms with Crippen molar-refractivity contribution in [3.05, 3.63) is 40.2 Å². The number of likely N-dealkylation sites (N-methyl/N-ethyl adjacent to an activating group) is 1. The number of rotatable bonds is 36. The molecule has 1 radical (unpaired) electrons. The van der Waals surface area contributed by atoms with Crippen LogP contribution in [0.3, 0.4) is 0 Å². The van der Waals surface area contributed by atoms with E-state index in [0.29, 0.717) is 42.4 Å².